The lowest BCUT2D eigenvalue weighted by molar-refractivity contribution is -0.120. The molecular formula is C16H19N3O3S. The molecule has 0 bridgehead atoms. The van der Waals surface area contributed by atoms with Crippen LogP contribution in [-0.2, 0) is 9.53 Å². The minimum absolute atomic E-state index is 0.0821. The predicted octanol–water partition coefficient (Wildman–Crippen LogP) is 1.70. The highest BCUT2D eigenvalue weighted by molar-refractivity contribution is 8.00. The lowest BCUT2D eigenvalue weighted by atomic mass is 10.2. The zero-order chi connectivity index (χ0) is 16.2. The Balaban J connectivity index is 1.63. The third kappa shape index (κ3) is 3.92. The van der Waals surface area contributed by atoms with Crippen LogP contribution in [-0.4, -0.2) is 40.4 Å². The van der Waals surface area contributed by atoms with Gasteiger partial charge in [-0.2, -0.15) is 0 Å². The van der Waals surface area contributed by atoms with E-state index >= 15 is 0 Å². The molecule has 0 unspecified atom stereocenters. The van der Waals surface area contributed by atoms with Crippen molar-refractivity contribution in [3.63, 3.8) is 0 Å². The van der Waals surface area contributed by atoms with E-state index in [0.29, 0.717) is 22.6 Å². The number of thioether (sulfide) groups is 1. The van der Waals surface area contributed by atoms with Gasteiger partial charge in [0, 0.05) is 13.2 Å². The molecule has 1 aliphatic heterocycles. The van der Waals surface area contributed by atoms with Crippen LogP contribution in [0.5, 0.6) is 0 Å². The Morgan fingerprint density at radius 3 is 3.13 bits per heavy atom. The van der Waals surface area contributed by atoms with Crippen molar-refractivity contribution < 1.29 is 9.53 Å². The minimum atomic E-state index is -0.347. The Hall–Kier alpha value is -1.86. The molecule has 122 valence electrons. The maximum absolute atomic E-state index is 12.1. The Morgan fingerprint density at radius 1 is 1.52 bits per heavy atom. The summed E-state index contributed by atoms with van der Waals surface area (Å²) >= 11 is 1.24. The molecule has 2 N–H and O–H groups in total. The maximum atomic E-state index is 12.1. The molecule has 6 nitrogen and oxygen atoms in total. The van der Waals surface area contributed by atoms with Crippen molar-refractivity contribution in [3.8, 4) is 0 Å². The van der Waals surface area contributed by atoms with E-state index in [9.17, 15) is 9.59 Å². The number of aromatic amines is 1. The largest absolute Gasteiger partial charge is 0.376 e. The minimum Gasteiger partial charge on any atom is -0.376 e. The number of carbonyl (C=O) groups is 1. The van der Waals surface area contributed by atoms with Gasteiger partial charge in [0.05, 0.1) is 22.3 Å². The van der Waals surface area contributed by atoms with Crippen LogP contribution in [0.2, 0.25) is 0 Å². The van der Waals surface area contributed by atoms with Gasteiger partial charge in [-0.3, -0.25) is 9.59 Å². The van der Waals surface area contributed by atoms with Crippen LogP contribution >= 0.6 is 11.8 Å². The zero-order valence-electron chi connectivity index (χ0n) is 12.9. The second-order valence-corrected chi connectivity index (χ2v) is 6.86. The second kappa shape index (κ2) is 7.14. The van der Waals surface area contributed by atoms with Gasteiger partial charge >= 0.3 is 0 Å². The van der Waals surface area contributed by atoms with Crippen LogP contribution in [0, 0.1) is 0 Å². The smallest absolute Gasteiger partial charge is 0.259 e. The molecule has 2 atom stereocenters. The maximum Gasteiger partial charge on any atom is 0.259 e. The average Bonchev–Trinajstić information content (AvgIpc) is 3.06. The molecule has 2 aromatic rings. The fourth-order valence-corrected chi connectivity index (χ4v) is 3.33. The summed E-state index contributed by atoms with van der Waals surface area (Å²) in [5, 5.41) is 3.55. The van der Waals surface area contributed by atoms with E-state index in [1.165, 1.54) is 11.8 Å². The molecule has 23 heavy (non-hydrogen) atoms. The Bertz CT molecular complexity index is 756. The van der Waals surface area contributed by atoms with E-state index in [-0.39, 0.29) is 22.8 Å². The molecule has 1 aromatic heterocycles. The van der Waals surface area contributed by atoms with E-state index < -0.39 is 0 Å². The lowest BCUT2D eigenvalue weighted by Crippen LogP contribution is -2.36. The lowest BCUT2D eigenvalue weighted by Gasteiger charge is -2.14. The topological polar surface area (TPSA) is 84.1 Å². The number of fused-ring (bicyclic) bond motifs is 1. The summed E-state index contributed by atoms with van der Waals surface area (Å²) in [6.45, 7) is 3.10. The number of hydrogen-bond donors (Lipinski definition) is 2. The number of hydrogen-bond acceptors (Lipinski definition) is 5. The number of carbonyl (C=O) groups excluding carboxylic acids is 1. The summed E-state index contributed by atoms with van der Waals surface area (Å²) in [6, 6.07) is 7.15. The fraction of sp³-hybridized carbons (Fsp3) is 0.438. The van der Waals surface area contributed by atoms with Gasteiger partial charge in [-0.15, -0.1) is 0 Å². The summed E-state index contributed by atoms with van der Waals surface area (Å²) in [7, 11) is 0. The van der Waals surface area contributed by atoms with Crippen molar-refractivity contribution in [1.29, 1.82) is 0 Å². The van der Waals surface area contributed by atoms with Crippen LogP contribution in [0.4, 0.5) is 0 Å². The monoisotopic (exact) mass is 333 g/mol. The first-order chi connectivity index (χ1) is 11.1. The quantitative estimate of drug-likeness (QED) is 0.643. The number of aromatic nitrogens is 2. The molecule has 0 spiro atoms. The van der Waals surface area contributed by atoms with Gasteiger partial charge in [0.15, 0.2) is 5.16 Å². The van der Waals surface area contributed by atoms with Crippen molar-refractivity contribution in [3.05, 3.63) is 34.6 Å². The molecule has 1 saturated heterocycles. The first-order valence-corrected chi connectivity index (χ1v) is 8.56. The SMILES string of the molecule is C[C@H](Sc1nc2ccccc2c(=O)[nH]1)C(=O)NC[C@@H]1CCCO1. The number of nitrogens with zero attached hydrogens (tertiary/aromatic N) is 1. The van der Waals surface area contributed by atoms with E-state index in [0.717, 1.165) is 19.4 Å². The number of rotatable bonds is 5. The third-order valence-electron chi connectivity index (χ3n) is 3.78. The van der Waals surface area contributed by atoms with Crippen molar-refractivity contribution in [1.82, 2.24) is 15.3 Å². The van der Waals surface area contributed by atoms with E-state index in [4.69, 9.17) is 4.74 Å². The van der Waals surface area contributed by atoms with E-state index in [1.807, 2.05) is 6.07 Å². The van der Waals surface area contributed by atoms with Crippen LogP contribution in [0.15, 0.2) is 34.2 Å². The number of para-hydroxylation sites is 1. The fourth-order valence-electron chi connectivity index (χ4n) is 2.51. The molecule has 0 radical (unpaired) electrons. The number of ether oxygens (including phenoxy) is 1. The Labute approximate surface area is 138 Å². The molecule has 1 aliphatic rings. The number of benzene rings is 1. The molecule has 1 amide bonds. The van der Waals surface area contributed by atoms with Crippen molar-refractivity contribution in [2.45, 2.75) is 36.3 Å². The molecule has 1 fully saturated rings. The molecule has 0 saturated carbocycles. The predicted molar refractivity (Wildman–Crippen MR) is 89.7 cm³/mol. The van der Waals surface area contributed by atoms with Gasteiger partial charge in [0.1, 0.15) is 0 Å². The van der Waals surface area contributed by atoms with Gasteiger partial charge in [-0.25, -0.2) is 4.98 Å². The second-order valence-electron chi connectivity index (χ2n) is 5.53. The van der Waals surface area contributed by atoms with E-state index in [1.54, 1.807) is 25.1 Å². The Kier molecular flexibility index (Phi) is 4.97. The molecule has 7 heteroatoms. The molecule has 3 rings (SSSR count). The molecule has 0 aliphatic carbocycles. The Morgan fingerprint density at radius 2 is 2.35 bits per heavy atom. The van der Waals surface area contributed by atoms with Gasteiger partial charge < -0.3 is 15.0 Å². The number of amides is 1. The first-order valence-electron chi connectivity index (χ1n) is 7.68. The molecule has 1 aromatic carbocycles. The summed E-state index contributed by atoms with van der Waals surface area (Å²) < 4.78 is 5.48. The summed E-state index contributed by atoms with van der Waals surface area (Å²) in [5.41, 5.74) is 0.441. The highest BCUT2D eigenvalue weighted by Crippen LogP contribution is 2.20. The van der Waals surface area contributed by atoms with Crippen LogP contribution in [0.1, 0.15) is 19.8 Å². The van der Waals surface area contributed by atoms with Gasteiger partial charge in [0.2, 0.25) is 5.91 Å². The highest BCUT2D eigenvalue weighted by Gasteiger charge is 2.20. The van der Waals surface area contributed by atoms with Crippen molar-refractivity contribution >= 4 is 28.6 Å². The summed E-state index contributed by atoms with van der Waals surface area (Å²) in [6.07, 6.45) is 2.16. The normalized spacial score (nSPS) is 18.9. The first kappa shape index (κ1) is 16.0. The standard InChI is InChI=1S/C16H19N3O3S/c1-10(14(20)17-9-11-5-4-8-22-11)23-16-18-13-7-3-2-6-12(13)15(21)19-16/h2-3,6-7,10-11H,4-5,8-9H2,1H3,(H,17,20)(H,18,19,21)/t10-,11-/m0/s1. The van der Waals surface area contributed by atoms with Crippen LogP contribution < -0.4 is 10.9 Å². The van der Waals surface area contributed by atoms with Crippen molar-refractivity contribution in [2.24, 2.45) is 0 Å². The van der Waals surface area contributed by atoms with E-state index in [2.05, 4.69) is 15.3 Å². The van der Waals surface area contributed by atoms with Crippen molar-refractivity contribution in [2.75, 3.05) is 13.2 Å². The number of H-pyrrole nitrogens is 1. The average molecular weight is 333 g/mol. The zero-order valence-corrected chi connectivity index (χ0v) is 13.7. The summed E-state index contributed by atoms with van der Waals surface area (Å²) in [5.74, 6) is -0.0821. The third-order valence-corrected chi connectivity index (χ3v) is 4.76. The summed E-state index contributed by atoms with van der Waals surface area (Å²) in [4.78, 5) is 31.3. The van der Waals surface area contributed by atoms with Crippen LogP contribution in [0.25, 0.3) is 10.9 Å². The van der Waals surface area contributed by atoms with Gasteiger partial charge in [-0.05, 0) is 31.9 Å². The highest BCUT2D eigenvalue weighted by atomic mass is 32.2. The van der Waals surface area contributed by atoms with Gasteiger partial charge in [0.25, 0.3) is 5.56 Å². The van der Waals surface area contributed by atoms with Gasteiger partial charge in [-0.1, -0.05) is 23.9 Å². The number of nitrogens with one attached hydrogen (secondary N) is 2. The molecule has 2 heterocycles. The van der Waals surface area contributed by atoms with Crippen LogP contribution in [0.3, 0.4) is 0 Å². The molecular weight excluding hydrogens is 314 g/mol.